The number of nitrogens with two attached hydrogens (primary N) is 1. The van der Waals surface area contributed by atoms with Crippen LogP contribution in [-0.2, 0) is 11.8 Å². The number of primary amides is 1. The van der Waals surface area contributed by atoms with Gasteiger partial charge in [0.2, 0.25) is 5.91 Å². The number of carbonyl (C=O) groups is 2. The third-order valence-corrected chi connectivity index (χ3v) is 4.73. The average Bonchev–Trinajstić information content (AvgIpc) is 3.20. The van der Waals surface area contributed by atoms with E-state index in [1.807, 2.05) is 18.2 Å². The summed E-state index contributed by atoms with van der Waals surface area (Å²) in [6.07, 6.45) is 0.243. The van der Waals surface area contributed by atoms with E-state index in [1.165, 1.54) is 9.58 Å². The minimum absolute atomic E-state index is 0.000868. The Kier molecular flexibility index (Phi) is 4.23. The summed E-state index contributed by atoms with van der Waals surface area (Å²) in [5, 5.41) is 14.3. The highest BCUT2D eigenvalue weighted by atomic mass is 35.5. The molecule has 0 saturated carbocycles. The standard InChI is InChI=1S/C17H16ClN5O2/c1-22-14(8-13(21-22)11-2-4-12(18)5-3-11)15(24)23-7-6-17(9-19,10-23)16(20)25/h2-5,8H,6-7,10H2,1H3,(H2,20,25). The van der Waals surface area contributed by atoms with Gasteiger partial charge in [-0.2, -0.15) is 10.4 Å². The van der Waals surface area contributed by atoms with Crippen LogP contribution in [0.15, 0.2) is 30.3 Å². The van der Waals surface area contributed by atoms with Gasteiger partial charge in [0, 0.05) is 30.7 Å². The summed E-state index contributed by atoms with van der Waals surface area (Å²) >= 11 is 5.89. The molecule has 0 bridgehead atoms. The fraction of sp³-hybridized carbons (Fsp3) is 0.294. The van der Waals surface area contributed by atoms with Crippen LogP contribution in [0.5, 0.6) is 0 Å². The van der Waals surface area contributed by atoms with E-state index in [-0.39, 0.29) is 18.9 Å². The monoisotopic (exact) mass is 357 g/mol. The lowest BCUT2D eigenvalue weighted by atomic mass is 9.88. The summed E-state index contributed by atoms with van der Waals surface area (Å²) in [5.41, 5.74) is 5.88. The first-order chi connectivity index (χ1) is 11.9. The number of benzene rings is 1. The SMILES string of the molecule is Cn1nc(-c2ccc(Cl)cc2)cc1C(=O)N1CCC(C#N)(C(N)=O)C1. The zero-order valence-corrected chi connectivity index (χ0v) is 14.3. The van der Waals surface area contributed by atoms with Crippen molar-refractivity contribution in [2.45, 2.75) is 6.42 Å². The lowest BCUT2D eigenvalue weighted by molar-refractivity contribution is -0.124. The minimum Gasteiger partial charge on any atom is -0.368 e. The molecule has 2 amide bonds. The molecule has 1 fully saturated rings. The highest BCUT2D eigenvalue weighted by Crippen LogP contribution is 2.31. The molecular formula is C17H16ClN5O2. The summed E-state index contributed by atoms with van der Waals surface area (Å²) in [5.74, 6) is -0.981. The zero-order chi connectivity index (χ0) is 18.2. The lowest BCUT2D eigenvalue weighted by Crippen LogP contribution is -2.40. The molecule has 0 aliphatic carbocycles. The number of hydrogen-bond donors (Lipinski definition) is 1. The van der Waals surface area contributed by atoms with Crippen LogP contribution in [0, 0.1) is 16.7 Å². The summed E-state index contributed by atoms with van der Waals surface area (Å²) in [7, 11) is 1.67. The van der Waals surface area contributed by atoms with Crippen LogP contribution in [0.1, 0.15) is 16.9 Å². The molecule has 2 heterocycles. The highest BCUT2D eigenvalue weighted by molar-refractivity contribution is 6.30. The second kappa shape index (κ2) is 6.22. The van der Waals surface area contributed by atoms with Gasteiger partial charge < -0.3 is 10.6 Å². The molecule has 0 spiro atoms. The Labute approximate surface area is 149 Å². The second-order valence-electron chi connectivity index (χ2n) is 6.08. The fourth-order valence-electron chi connectivity index (χ4n) is 2.92. The van der Waals surface area contributed by atoms with Crippen LogP contribution in [-0.4, -0.2) is 39.6 Å². The summed E-state index contributed by atoms with van der Waals surface area (Å²) < 4.78 is 1.49. The maximum Gasteiger partial charge on any atom is 0.272 e. The molecule has 128 valence electrons. The molecule has 0 radical (unpaired) electrons. The normalized spacial score (nSPS) is 19.6. The fourth-order valence-corrected chi connectivity index (χ4v) is 3.05. The largest absolute Gasteiger partial charge is 0.368 e. The van der Waals surface area contributed by atoms with Gasteiger partial charge >= 0.3 is 0 Å². The summed E-state index contributed by atoms with van der Waals surface area (Å²) in [6, 6.07) is 10.8. The number of amides is 2. The molecule has 1 aliphatic heterocycles. The minimum atomic E-state index is -1.31. The molecular weight excluding hydrogens is 342 g/mol. The highest BCUT2D eigenvalue weighted by Gasteiger charge is 2.45. The third-order valence-electron chi connectivity index (χ3n) is 4.48. The van der Waals surface area contributed by atoms with E-state index < -0.39 is 11.3 Å². The van der Waals surface area contributed by atoms with E-state index in [0.29, 0.717) is 23.0 Å². The number of rotatable bonds is 3. The van der Waals surface area contributed by atoms with E-state index in [2.05, 4.69) is 5.10 Å². The number of halogens is 1. The zero-order valence-electron chi connectivity index (χ0n) is 13.6. The first kappa shape index (κ1) is 17.0. The van der Waals surface area contributed by atoms with Crippen molar-refractivity contribution in [3.63, 3.8) is 0 Å². The quantitative estimate of drug-likeness (QED) is 0.900. The molecule has 2 N–H and O–H groups in total. The average molecular weight is 358 g/mol. The van der Waals surface area contributed by atoms with Gasteiger partial charge in [-0.25, -0.2) is 0 Å². The molecule has 1 atom stereocenters. The van der Waals surface area contributed by atoms with Gasteiger partial charge in [0.1, 0.15) is 5.69 Å². The van der Waals surface area contributed by atoms with Crippen molar-refractivity contribution < 1.29 is 9.59 Å². The van der Waals surface area contributed by atoms with Gasteiger partial charge in [0.25, 0.3) is 5.91 Å². The number of hydrogen-bond acceptors (Lipinski definition) is 4. The van der Waals surface area contributed by atoms with E-state index in [0.717, 1.165) is 5.56 Å². The Hall–Kier alpha value is -2.85. The number of likely N-dealkylation sites (tertiary alicyclic amines) is 1. The van der Waals surface area contributed by atoms with Crippen LogP contribution in [0.25, 0.3) is 11.3 Å². The molecule has 1 saturated heterocycles. The van der Waals surface area contributed by atoms with Gasteiger partial charge in [-0.05, 0) is 24.6 Å². The van der Waals surface area contributed by atoms with Gasteiger partial charge in [0.15, 0.2) is 5.41 Å². The maximum absolute atomic E-state index is 12.8. The first-order valence-corrected chi connectivity index (χ1v) is 8.04. The Morgan fingerprint density at radius 1 is 1.36 bits per heavy atom. The van der Waals surface area contributed by atoms with Crippen molar-refractivity contribution in [1.29, 1.82) is 5.26 Å². The number of nitriles is 1. The Balaban J connectivity index is 1.86. The van der Waals surface area contributed by atoms with Crippen LogP contribution in [0.3, 0.4) is 0 Å². The Morgan fingerprint density at radius 3 is 2.60 bits per heavy atom. The van der Waals surface area contributed by atoms with E-state index in [9.17, 15) is 14.9 Å². The predicted molar refractivity (Wildman–Crippen MR) is 91.4 cm³/mol. The van der Waals surface area contributed by atoms with Crippen LogP contribution >= 0.6 is 11.6 Å². The number of nitrogens with zero attached hydrogens (tertiary/aromatic N) is 4. The van der Waals surface area contributed by atoms with E-state index in [1.54, 1.807) is 25.2 Å². The van der Waals surface area contributed by atoms with Crippen molar-refractivity contribution in [2.75, 3.05) is 13.1 Å². The number of aryl methyl sites for hydroxylation is 1. The smallest absolute Gasteiger partial charge is 0.272 e. The Morgan fingerprint density at radius 2 is 2.04 bits per heavy atom. The molecule has 1 aliphatic rings. The third kappa shape index (κ3) is 2.96. The second-order valence-corrected chi connectivity index (χ2v) is 6.52. The van der Waals surface area contributed by atoms with Gasteiger partial charge in [-0.3, -0.25) is 14.3 Å². The van der Waals surface area contributed by atoms with Gasteiger partial charge in [0.05, 0.1) is 11.8 Å². The molecule has 1 unspecified atom stereocenters. The molecule has 3 rings (SSSR count). The Bertz CT molecular complexity index is 883. The van der Waals surface area contributed by atoms with Crippen molar-refractivity contribution in [3.8, 4) is 17.3 Å². The van der Waals surface area contributed by atoms with Gasteiger partial charge in [-0.15, -0.1) is 0 Å². The molecule has 1 aromatic carbocycles. The van der Waals surface area contributed by atoms with Crippen LogP contribution in [0.2, 0.25) is 5.02 Å². The first-order valence-electron chi connectivity index (χ1n) is 7.67. The molecule has 2 aromatic rings. The lowest BCUT2D eigenvalue weighted by Gasteiger charge is -2.18. The molecule has 8 heteroatoms. The van der Waals surface area contributed by atoms with Crippen LogP contribution in [0.4, 0.5) is 0 Å². The van der Waals surface area contributed by atoms with Crippen molar-refractivity contribution >= 4 is 23.4 Å². The van der Waals surface area contributed by atoms with E-state index >= 15 is 0 Å². The topological polar surface area (TPSA) is 105 Å². The molecule has 25 heavy (non-hydrogen) atoms. The summed E-state index contributed by atoms with van der Waals surface area (Å²) in [4.78, 5) is 25.8. The molecule has 7 nitrogen and oxygen atoms in total. The summed E-state index contributed by atoms with van der Waals surface area (Å²) in [6.45, 7) is 0.302. The number of carbonyl (C=O) groups excluding carboxylic acids is 2. The van der Waals surface area contributed by atoms with Crippen molar-refractivity contribution in [1.82, 2.24) is 14.7 Å². The molecule has 1 aromatic heterocycles. The van der Waals surface area contributed by atoms with Crippen molar-refractivity contribution in [3.05, 3.63) is 41.0 Å². The number of aromatic nitrogens is 2. The predicted octanol–water partition coefficient (Wildman–Crippen LogP) is 1.58. The van der Waals surface area contributed by atoms with Gasteiger partial charge in [-0.1, -0.05) is 23.7 Å². The van der Waals surface area contributed by atoms with Crippen LogP contribution < -0.4 is 5.73 Å². The maximum atomic E-state index is 12.8. The van der Waals surface area contributed by atoms with E-state index in [4.69, 9.17) is 17.3 Å². The van der Waals surface area contributed by atoms with Crippen molar-refractivity contribution in [2.24, 2.45) is 18.2 Å².